The molecule has 0 amide bonds. The first-order valence-electron chi connectivity index (χ1n) is 8.13. The first kappa shape index (κ1) is 16.9. The van der Waals surface area contributed by atoms with E-state index in [1.165, 1.54) is 25.7 Å². The Hall–Kier alpha value is -0.120. The average molecular weight is 270 g/mol. The quantitative estimate of drug-likeness (QED) is 0.734. The second-order valence-electron chi connectivity index (χ2n) is 6.22. The highest BCUT2D eigenvalue weighted by molar-refractivity contribution is 4.89. The molecule has 0 radical (unpaired) electrons. The van der Waals surface area contributed by atoms with Gasteiger partial charge in [-0.1, -0.05) is 20.3 Å². The van der Waals surface area contributed by atoms with Crippen molar-refractivity contribution in [1.82, 2.24) is 10.2 Å². The Kier molecular flexibility index (Phi) is 7.96. The number of likely N-dealkylation sites (N-methyl/N-ethyl adjacent to an activating group) is 2. The molecule has 0 aromatic carbocycles. The largest absolute Gasteiger partial charge is 0.377 e. The summed E-state index contributed by atoms with van der Waals surface area (Å²) in [6, 6.07) is 1.34. The van der Waals surface area contributed by atoms with Crippen molar-refractivity contribution in [1.29, 1.82) is 0 Å². The van der Waals surface area contributed by atoms with Crippen LogP contribution >= 0.6 is 0 Å². The molecule has 0 bridgehead atoms. The van der Waals surface area contributed by atoms with E-state index in [2.05, 4.69) is 45.0 Å². The molecule has 0 aromatic rings. The fraction of sp³-hybridized carbons (Fsp3) is 1.00. The summed E-state index contributed by atoms with van der Waals surface area (Å²) in [7, 11) is 2.26. The normalized spacial score (nSPS) is 28.3. The Balaban J connectivity index is 2.47. The number of nitrogens with one attached hydrogen (secondary N) is 1. The molecule has 3 unspecified atom stereocenters. The van der Waals surface area contributed by atoms with Gasteiger partial charge in [0, 0.05) is 18.6 Å². The van der Waals surface area contributed by atoms with Gasteiger partial charge >= 0.3 is 0 Å². The molecule has 0 spiro atoms. The van der Waals surface area contributed by atoms with Crippen LogP contribution in [0.4, 0.5) is 0 Å². The molecule has 1 N–H and O–H groups in total. The number of hydrogen-bond donors (Lipinski definition) is 1. The number of ether oxygens (including phenoxy) is 1. The standard InChI is InChI=1S/C16H34N2O/c1-6-14-8-9-15(17-7-2)16(12-14)18(5)10-11-19-13(3)4/h13-17H,6-12H2,1-5H3. The third-order valence-corrected chi connectivity index (χ3v) is 4.43. The number of nitrogens with zero attached hydrogens (tertiary/aromatic N) is 1. The summed E-state index contributed by atoms with van der Waals surface area (Å²) in [5.41, 5.74) is 0. The van der Waals surface area contributed by atoms with Crippen molar-refractivity contribution < 1.29 is 4.74 Å². The predicted octanol–water partition coefficient (Wildman–Crippen LogP) is 2.90. The van der Waals surface area contributed by atoms with Gasteiger partial charge in [0.2, 0.25) is 0 Å². The van der Waals surface area contributed by atoms with Crippen molar-refractivity contribution in [3.63, 3.8) is 0 Å². The zero-order chi connectivity index (χ0) is 14.3. The van der Waals surface area contributed by atoms with Gasteiger partial charge in [-0.2, -0.15) is 0 Å². The Morgan fingerprint density at radius 1 is 1.26 bits per heavy atom. The molecule has 1 aliphatic carbocycles. The molecule has 1 saturated carbocycles. The topological polar surface area (TPSA) is 24.5 Å². The summed E-state index contributed by atoms with van der Waals surface area (Å²) in [6.45, 7) is 11.7. The van der Waals surface area contributed by atoms with Gasteiger partial charge in [-0.3, -0.25) is 4.90 Å². The van der Waals surface area contributed by atoms with Gasteiger partial charge in [-0.25, -0.2) is 0 Å². The van der Waals surface area contributed by atoms with Crippen LogP contribution in [0.1, 0.15) is 53.4 Å². The van der Waals surface area contributed by atoms with Gasteiger partial charge in [-0.05, 0) is 52.6 Å². The zero-order valence-electron chi connectivity index (χ0n) is 13.6. The highest BCUT2D eigenvalue weighted by atomic mass is 16.5. The first-order valence-corrected chi connectivity index (χ1v) is 8.13. The predicted molar refractivity (Wildman–Crippen MR) is 82.6 cm³/mol. The Morgan fingerprint density at radius 2 is 2.00 bits per heavy atom. The van der Waals surface area contributed by atoms with E-state index in [0.717, 1.165) is 25.6 Å². The summed E-state index contributed by atoms with van der Waals surface area (Å²) in [6.07, 6.45) is 5.72. The average Bonchev–Trinajstić information content (AvgIpc) is 2.39. The summed E-state index contributed by atoms with van der Waals surface area (Å²) >= 11 is 0. The first-order chi connectivity index (χ1) is 9.08. The van der Waals surface area contributed by atoms with E-state index in [4.69, 9.17) is 4.74 Å². The molecule has 3 nitrogen and oxygen atoms in total. The van der Waals surface area contributed by atoms with Gasteiger partial charge in [0.05, 0.1) is 12.7 Å². The maximum atomic E-state index is 5.69. The molecular weight excluding hydrogens is 236 g/mol. The third-order valence-electron chi connectivity index (χ3n) is 4.43. The summed E-state index contributed by atoms with van der Waals surface area (Å²) < 4.78 is 5.69. The zero-order valence-corrected chi connectivity index (χ0v) is 13.6. The van der Waals surface area contributed by atoms with Crippen molar-refractivity contribution in [3.8, 4) is 0 Å². The van der Waals surface area contributed by atoms with E-state index < -0.39 is 0 Å². The van der Waals surface area contributed by atoms with Crippen molar-refractivity contribution in [2.75, 3.05) is 26.7 Å². The molecule has 0 aliphatic heterocycles. The summed E-state index contributed by atoms with van der Waals surface area (Å²) in [4.78, 5) is 2.51. The molecule has 0 saturated heterocycles. The highest BCUT2D eigenvalue weighted by Crippen LogP contribution is 2.29. The van der Waals surface area contributed by atoms with Crippen molar-refractivity contribution in [2.45, 2.75) is 71.6 Å². The van der Waals surface area contributed by atoms with Crippen LogP contribution in [-0.2, 0) is 4.74 Å². The van der Waals surface area contributed by atoms with Crippen LogP contribution in [-0.4, -0.2) is 49.8 Å². The van der Waals surface area contributed by atoms with Crippen LogP contribution in [0.3, 0.4) is 0 Å². The second-order valence-corrected chi connectivity index (χ2v) is 6.22. The summed E-state index contributed by atoms with van der Waals surface area (Å²) in [5.74, 6) is 0.911. The monoisotopic (exact) mass is 270 g/mol. The molecule has 0 heterocycles. The lowest BCUT2D eigenvalue weighted by molar-refractivity contribution is 0.0405. The highest BCUT2D eigenvalue weighted by Gasteiger charge is 2.31. The molecule has 0 aromatic heterocycles. The molecule has 114 valence electrons. The van der Waals surface area contributed by atoms with E-state index >= 15 is 0 Å². The van der Waals surface area contributed by atoms with Crippen LogP contribution in [0.2, 0.25) is 0 Å². The smallest absolute Gasteiger partial charge is 0.0596 e. The van der Waals surface area contributed by atoms with E-state index in [1.54, 1.807) is 0 Å². The maximum Gasteiger partial charge on any atom is 0.0596 e. The van der Waals surface area contributed by atoms with Gasteiger partial charge in [0.15, 0.2) is 0 Å². The Bertz CT molecular complexity index is 233. The lowest BCUT2D eigenvalue weighted by Gasteiger charge is -2.41. The molecule has 3 heteroatoms. The van der Waals surface area contributed by atoms with E-state index in [-0.39, 0.29) is 0 Å². The maximum absolute atomic E-state index is 5.69. The molecule has 1 aliphatic rings. The minimum Gasteiger partial charge on any atom is -0.377 e. The minimum atomic E-state index is 0.340. The van der Waals surface area contributed by atoms with Gasteiger partial charge in [-0.15, -0.1) is 0 Å². The van der Waals surface area contributed by atoms with Crippen LogP contribution in [0, 0.1) is 5.92 Å². The lowest BCUT2D eigenvalue weighted by atomic mass is 9.80. The van der Waals surface area contributed by atoms with Crippen LogP contribution < -0.4 is 5.32 Å². The number of rotatable bonds is 8. The fourth-order valence-corrected chi connectivity index (χ4v) is 3.19. The van der Waals surface area contributed by atoms with Crippen LogP contribution in [0.25, 0.3) is 0 Å². The fourth-order valence-electron chi connectivity index (χ4n) is 3.19. The Labute approximate surface area is 120 Å². The van der Waals surface area contributed by atoms with Crippen molar-refractivity contribution >= 4 is 0 Å². The molecule has 1 rings (SSSR count). The van der Waals surface area contributed by atoms with Crippen molar-refractivity contribution in [2.24, 2.45) is 5.92 Å². The van der Waals surface area contributed by atoms with Crippen molar-refractivity contribution in [3.05, 3.63) is 0 Å². The van der Waals surface area contributed by atoms with Gasteiger partial charge < -0.3 is 10.1 Å². The second kappa shape index (κ2) is 8.93. The lowest BCUT2D eigenvalue weighted by Crippen LogP contribution is -2.52. The summed E-state index contributed by atoms with van der Waals surface area (Å²) in [5, 5.41) is 3.68. The van der Waals surface area contributed by atoms with Crippen LogP contribution in [0.15, 0.2) is 0 Å². The molecular formula is C16H34N2O. The molecule has 3 atom stereocenters. The SMILES string of the molecule is CCNC1CCC(CC)CC1N(C)CCOC(C)C. The minimum absolute atomic E-state index is 0.340. The van der Waals surface area contributed by atoms with Gasteiger partial charge in [0.1, 0.15) is 0 Å². The van der Waals surface area contributed by atoms with Crippen LogP contribution in [0.5, 0.6) is 0 Å². The number of hydrogen-bond acceptors (Lipinski definition) is 3. The molecule has 1 fully saturated rings. The Morgan fingerprint density at radius 3 is 2.58 bits per heavy atom. The third kappa shape index (κ3) is 5.80. The van der Waals surface area contributed by atoms with E-state index in [9.17, 15) is 0 Å². The van der Waals surface area contributed by atoms with E-state index in [0.29, 0.717) is 18.2 Å². The van der Waals surface area contributed by atoms with Gasteiger partial charge in [0.25, 0.3) is 0 Å². The molecule has 19 heavy (non-hydrogen) atoms. The van der Waals surface area contributed by atoms with E-state index in [1.807, 2.05) is 0 Å².